The van der Waals surface area contributed by atoms with Crippen molar-refractivity contribution in [2.45, 2.75) is 20.8 Å². The van der Waals surface area contributed by atoms with E-state index in [2.05, 4.69) is 39.6 Å². The number of amides is 1. The Labute approximate surface area is 130 Å². The highest BCUT2D eigenvalue weighted by Gasteiger charge is 2.09. The molecule has 0 radical (unpaired) electrons. The summed E-state index contributed by atoms with van der Waals surface area (Å²) in [6.45, 7) is 9.66. The standard InChI is InChI=1S/C15H22N6O/c1-4-20(5-2)9-8-16-15(22)13-6-7-14(12(3)10-13)21-11-17-18-19-21/h6-7,10-11H,4-5,8-9H2,1-3H3,(H,16,22). The van der Waals surface area contributed by atoms with E-state index in [0.717, 1.165) is 30.9 Å². The van der Waals surface area contributed by atoms with Crippen LogP contribution in [0.15, 0.2) is 24.5 Å². The molecule has 0 fully saturated rings. The first-order chi connectivity index (χ1) is 10.7. The van der Waals surface area contributed by atoms with Crippen LogP contribution in [-0.2, 0) is 0 Å². The van der Waals surface area contributed by atoms with Crippen molar-refractivity contribution in [3.8, 4) is 5.69 Å². The van der Waals surface area contributed by atoms with Crippen LogP contribution in [0.2, 0.25) is 0 Å². The molecule has 0 atom stereocenters. The molecule has 7 nitrogen and oxygen atoms in total. The second-order valence-corrected chi connectivity index (χ2v) is 5.04. The molecule has 0 saturated heterocycles. The van der Waals surface area contributed by atoms with Gasteiger partial charge in [-0.25, -0.2) is 4.68 Å². The third-order valence-electron chi connectivity index (χ3n) is 3.66. The molecule has 1 aromatic heterocycles. The first-order valence-electron chi connectivity index (χ1n) is 7.50. The molecule has 1 N–H and O–H groups in total. The largest absolute Gasteiger partial charge is 0.351 e. The minimum Gasteiger partial charge on any atom is -0.351 e. The lowest BCUT2D eigenvalue weighted by Gasteiger charge is -2.18. The van der Waals surface area contributed by atoms with Crippen molar-refractivity contribution < 1.29 is 4.79 Å². The van der Waals surface area contributed by atoms with Crippen molar-refractivity contribution in [1.29, 1.82) is 0 Å². The van der Waals surface area contributed by atoms with Crippen LogP contribution in [0.4, 0.5) is 0 Å². The summed E-state index contributed by atoms with van der Waals surface area (Å²) >= 11 is 0. The molecule has 0 aliphatic heterocycles. The Morgan fingerprint density at radius 2 is 2.09 bits per heavy atom. The van der Waals surface area contributed by atoms with Gasteiger partial charge in [0.25, 0.3) is 5.91 Å². The Balaban J connectivity index is 1.98. The van der Waals surface area contributed by atoms with Gasteiger partial charge >= 0.3 is 0 Å². The van der Waals surface area contributed by atoms with Crippen LogP contribution in [0.1, 0.15) is 29.8 Å². The van der Waals surface area contributed by atoms with Gasteiger partial charge in [0.05, 0.1) is 5.69 Å². The van der Waals surface area contributed by atoms with Crippen LogP contribution in [0, 0.1) is 6.92 Å². The average molecular weight is 302 g/mol. The lowest BCUT2D eigenvalue weighted by atomic mass is 10.1. The Morgan fingerprint density at radius 1 is 1.32 bits per heavy atom. The number of hydrogen-bond donors (Lipinski definition) is 1. The lowest BCUT2D eigenvalue weighted by molar-refractivity contribution is 0.0949. The van der Waals surface area contributed by atoms with Crippen LogP contribution in [-0.4, -0.2) is 57.2 Å². The Bertz CT molecular complexity index is 607. The highest BCUT2D eigenvalue weighted by Crippen LogP contribution is 2.14. The number of carbonyl (C=O) groups is 1. The van der Waals surface area contributed by atoms with E-state index in [4.69, 9.17) is 0 Å². The zero-order valence-electron chi connectivity index (χ0n) is 13.3. The van der Waals surface area contributed by atoms with Crippen LogP contribution < -0.4 is 5.32 Å². The number of carbonyl (C=O) groups excluding carboxylic acids is 1. The van der Waals surface area contributed by atoms with E-state index >= 15 is 0 Å². The van der Waals surface area contributed by atoms with Gasteiger partial charge in [-0.3, -0.25) is 4.79 Å². The van der Waals surface area contributed by atoms with Crippen molar-refractivity contribution in [3.05, 3.63) is 35.7 Å². The molecule has 7 heteroatoms. The van der Waals surface area contributed by atoms with E-state index in [9.17, 15) is 4.79 Å². The molecule has 0 unspecified atom stereocenters. The number of rotatable bonds is 7. The SMILES string of the molecule is CCN(CC)CCNC(=O)c1ccc(-n2cnnn2)c(C)c1. The molecule has 1 aromatic carbocycles. The number of nitrogens with zero attached hydrogens (tertiary/aromatic N) is 5. The molecule has 0 aliphatic rings. The first kappa shape index (κ1) is 16.1. The van der Waals surface area contributed by atoms with Crippen molar-refractivity contribution in [2.75, 3.05) is 26.2 Å². The summed E-state index contributed by atoms with van der Waals surface area (Å²) in [5.74, 6) is -0.0569. The summed E-state index contributed by atoms with van der Waals surface area (Å²) in [5, 5.41) is 14.0. The summed E-state index contributed by atoms with van der Waals surface area (Å²) in [6, 6.07) is 5.49. The topological polar surface area (TPSA) is 75.9 Å². The third kappa shape index (κ3) is 3.88. The molecular weight excluding hydrogens is 280 g/mol. The summed E-state index contributed by atoms with van der Waals surface area (Å²) in [6.07, 6.45) is 1.53. The number of benzene rings is 1. The summed E-state index contributed by atoms with van der Waals surface area (Å²) in [7, 11) is 0. The minimum absolute atomic E-state index is 0.0569. The molecule has 0 bridgehead atoms. The van der Waals surface area contributed by atoms with Crippen molar-refractivity contribution in [3.63, 3.8) is 0 Å². The number of aromatic nitrogens is 4. The summed E-state index contributed by atoms with van der Waals surface area (Å²) < 4.78 is 1.58. The van der Waals surface area contributed by atoms with Crippen molar-refractivity contribution in [2.24, 2.45) is 0 Å². The molecule has 118 valence electrons. The smallest absolute Gasteiger partial charge is 0.251 e. The van der Waals surface area contributed by atoms with E-state index in [1.54, 1.807) is 10.7 Å². The van der Waals surface area contributed by atoms with Gasteiger partial charge in [-0.05, 0) is 54.2 Å². The molecule has 0 spiro atoms. The van der Waals surface area contributed by atoms with E-state index in [-0.39, 0.29) is 5.91 Å². The van der Waals surface area contributed by atoms with Gasteiger partial charge in [-0.15, -0.1) is 5.10 Å². The van der Waals surface area contributed by atoms with Gasteiger partial charge < -0.3 is 10.2 Å². The van der Waals surface area contributed by atoms with E-state index in [1.807, 2.05) is 19.1 Å². The van der Waals surface area contributed by atoms with Gasteiger partial charge in [-0.2, -0.15) is 0 Å². The summed E-state index contributed by atoms with van der Waals surface area (Å²) in [5.41, 5.74) is 2.46. The quantitative estimate of drug-likeness (QED) is 0.827. The number of aryl methyl sites for hydroxylation is 1. The van der Waals surface area contributed by atoms with E-state index < -0.39 is 0 Å². The number of tetrazole rings is 1. The predicted octanol–water partition coefficient (Wildman–Crippen LogP) is 1.04. The first-order valence-corrected chi connectivity index (χ1v) is 7.50. The zero-order valence-corrected chi connectivity index (χ0v) is 13.3. The molecule has 1 amide bonds. The number of hydrogen-bond acceptors (Lipinski definition) is 5. The predicted molar refractivity (Wildman–Crippen MR) is 84.0 cm³/mol. The van der Waals surface area contributed by atoms with Gasteiger partial charge in [0.2, 0.25) is 0 Å². The Hall–Kier alpha value is -2.28. The fourth-order valence-corrected chi connectivity index (χ4v) is 2.29. The molecular formula is C15H22N6O. The number of nitrogens with one attached hydrogen (secondary N) is 1. The molecule has 0 aliphatic carbocycles. The Morgan fingerprint density at radius 3 is 2.68 bits per heavy atom. The average Bonchev–Trinajstić information content (AvgIpc) is 3.05. The second kappa shape index (κ2) is 7.65. The molecule has 2 rings (SSSR count). The van der Waals surface area contributed by atoms with Gasteiger partial charge in [0.1, 0.15) is 6.33 Å². The number of likely N-dealkylation sites (N-methyl/N-ethyl adjacent to an activating group) is 1. The van der Waals surface area contributed by atoms with Gasteiger partial charge in [0, 0.05) is 18.7 Å². The summed E-state index contributed by atoms with van der Waals surface area (Å²) in [4.78, 5) is 14.4. The highest BCUT2D eigenvalue weighted by molar-refractivity contribution is 5.94. The second-order valence-electron chi connectivity index (χ2n) is 5.04. The third-order valence-corrected chi connectivity index (χ3v) is 3.66. The minimum atomic E-state index is -0.0569. The Kier molecular flexibility index (Phi) is 5.60. The maximum Gasteiger partial charge on any atom is 0.251 e. The molecule has 22 heavy (non-hydrogen) atoms. The van der Waals surface area contributed by atoms with Crippen molar-refractivity contribution >= 4 is 5.91 Å². The lowest BCUT2D eigenvalue weighted by Crippen LogP contribution is -2.34. The fraction of sp³-hybridized carbons (Fsp3) is 0.467. The monoisotopic (exact) mass is 302 g/mol. The fourth-order valence-electron chi connectivity index (χ4n) is 2.29. The van der Waals surface area contributed by atoms with Crippen molar-refractivity contribution in [1.82, 2.24) is 30.4 Å². The molecule has 0 saturated carbocycles. The van der Waals surface area contributed by atoms with E-state index in [0.29, 0.717) is 12.1 Å². The van der Waals surface area contributed by atoms with Gasteiger partial charge in [-0.1, -0.05) is 13.8 Å². The van der Waals surface area contributed by atoms with Gasteiger partial charge in [0.15, 0.2) is 0 Å². The maximum absolute atomic E-state index is 12.2. The zero-order chi connectivity index (χ0) is 15.9. The van der Waals surface area contributed by atoms with Crippen LogP contribution >= 0.6 is 0 Å². The molecule has 1 heterocycles. The highest BCUT2D eigenvalue weighted by atomic mass is 16.1. The normalized spacial score (nSPS) is 10.9. The van der Waals surface area contributed by atoms with E-state index in [1.165, 1.54) is 6.33 Å². The molecule has 2 aromatic rings. The van der Waals surface area contributed by atoms with Crippen LogP contribution in [0.5, 0.6) is 0 Å². The van der Waals surface area contributed by atoms with Crippen LogP contribution in [0.25, 0.3) is 5.69 Å². The van der Waals surface area contributed by atoms with Crippen LogP contribution in [0.3, 0.4) is 0 Å². The maximum atomic E-state index is 12.2.